The molecule has 1 atom stereocenters. The molecule has 9 heavy (non-hydrogen) atoms. The summed E-state index contributed by atoms with van der Waals surface area (Å²) in [6, 6.07) is 0. The average Bonchev–Trinajstić information content (AvgIpc) is 1.80. The Kier molecular flexibility index (Phi) is 1.47. The van der Waals surface area contributed by atoms with Crippen molar-refractivity contribution in [1.29, 1.82) is 0 Å². The summed E-state index contributed by atoms with van der Waals surface area (Å²) in [6.07, 6.45) is 3.09. The lowest BCUT2D eigenvalue weighted by molar-refractivity contribution is -0.124. The van der Waals surface area contributed by atoms with E-state index in [4.69, 9.17) is 0 Å². The smallest absolute Gasteiger partial charge is 0.159 e. The van der Waals surface area contributed by atoms with Crippen molar-refractivity contribution in [1.82, 2.24) is 0 Å². The maximum Gasteiger partial charge on any atom is 0.159 e. The van der Waals surface area contributed by atoms with Gasteiger partial charge in [-0.05, 0) is 12.2 Å². The van der Waals surface area contributed by atoms with E-state index >= 15 is 0 Å². The van der Waals surface area contributed by atoms with E-state index in [1.54, 1.807) is 6.92 Å². The van der Waals surface area contributed by atoms with E-state index in [1.807, 2.05) is 0 Å². The first kappa shape index (κ1) is 6.20. The Labute approximate surface area is 53.6 Å². The molecule has 1 aliphatic rings. The fraction of sp³-hybridized carbons (Fsp3) is 0.429. The van der Waals surface area contributed by atoms with Crippen LogP contribution in [0.25, 0.3) is 0 Å². The van der Waals surface area contributed by atoms with E-state index in [1.165, 1.54) is 12.2 Å². The van der Waals surface area contributed by atoms with Crippen LogP contribution in [0.15, 0.2) is 12.2 Å². The van der Waals surface area contributed by atoms with Crippen LogP contribution in [0.2, 0.25) is 0 Å². The van der Waals surface area contributed by atoms with Crippen LogP contribution in [-0.2, 0) is 9.59 Å². The Balaban J connectivity index is 2.76. The molecule has 0 aromatic rings. The monoisotopic (exact) mass is 124 g/mol. The molecule has 1 rings (SSSR count). The molecule has 0 aromatic carbocycles. The average molecular weight is 124 g/mol. The maximum absolute atomic E-state index is 10.7. The quantitative estimate of drug-likeness (QED) is 0.477. The second-order valence-corrected chi connectivity index (χ2v) is 2.31. The Morgan fingerprint density at radius 2 is 2.11 bits per heavy atom. The van der Waals surface area contributed by atoms with Crippen molar-refractivity contribution in [2.24, 2.45) is 5.92 Å². The van der Waals surface area contributed by atoms with Gasteiger partial charge >= 0.3 is 0 Å². The van der Waals surface area contributed by atoms with Gasteiger partial charge in [0.2, 0.25) is 0 Å². The lowest BCUT2D eigenvalue weighted by atomic mass is 9.94. The van der Waals surface area contributed by atoms with E-state index in [0.29, 0.717) is 6.42 Å². The minimum atomic E-state index is -0.0949. The van der Waals surface area contributed by atoms with Gasteiger partial charge in [0.15, 0.2) is 11.6 Å². The Morgan fingerprint density at radius 1 is 1.44 bits per heavy atom. The van der Waals surface area contributed by atoms with Gasteiger partial charge in [0.1, 0.15) is 0 Å². The normalized spacial score (nSPS) is 27.0. The first-order chi connectivity index (χ1) is 4.20. The van der Waals surface area contributed by atoms with Gasteiger partial charge in [0.05, 0.1) is 0 Å². The third-order valence-corrected chi connectivity index (χ3v) is 1.43. The van der Waals surface area contributed by atoms with Crippen LogP contribution in [0, 0.1) is 5.92 Å². The molecule has 0 aliphatic heterocycles. The molecule has 0 saturated heterocycles. The highest BCUT2D eigenvalue weighted by Crippen LogP contribution is 2.10. The standard InChI is InChI=1S/C7H8O2/c1-5-4-6(8)2-3-7(5)9/h2-3,5H,4H2,1H3/t5-/m1/s1. The predicted molar refractivity (Wildman–Crippen MR) is 32.9 cm³/mol. The second-order valence-electron chi connectivity index (χ2n) is 2.31. The summed E-state index contributed by atoms with van der Waals surface area (Å²) in [7, 11) is 0. The van der Waals surface area contributed by atoms with Crippen LogP contribution in [0.1, 0.15) is 13.3 Å². The van der Waals surface area contributed by atoms with Crippen LogP contribution >= 0.6 is 0 Å². The van der Waals surface area contributed by atoms with Gasteiger partial charge in [-0.1, -0.05) is 6.92 Å². The molecule has 0 spiro atoms. The van der Waals surface area contributed by atoms with Gasteiger partial charge in [-0.3, -0.25) is 9.59 Å². The van der Waals surface area contributed by atoms with E-state index in [2.05, 4.69) is 0 Å². The molecule has 0 bridgehead atoms. The molecule has 48 valence electrons. The van der Waals surface area contributed by atoms with Crippen LogP contribution < -0.4 is 0 Å². The molecular weight excluding hydrogens is 116 g/mol. The highest BCUT2D eigenvalue weighted by molar-refractivity contribution is 6.05. The molecule has 1 aliphatic carbocycles. The van der Waals surface area contributed by atoms with Crippen LogP contribution in [0.3, 0.4) is 0 Å². The van der Waals surface area contributed by atoms with Gasteiger partial charge < -0.3 is 0 Å². The number of carbonyl (C=O) groups is 2. The fourth-order valence-electron chi connectivity index (χ4n) is 0.810. The fourth-order valence-corrected chi connectivity index (χ4v) is 0.810. The predicted octanol–water partition coefficient (Wildman–Crippen LogP) is 0.721. The van der Waals surface area contributed by atoms with Crippen LogP contribution in [-0.4, -0.2) is 11.6 Å². The molecule has 0 N–H and O–H groups in total. The zero-order valence-corrected chi connectivity index (χ0v) is 5.26. The molecule has 0 aromatic heterocycles. The van der Waals surface area contributed by atoms with Crippen molar-refractivity contribution >= 4 is 11.6 Å². The number of carbonyl (C=O) groups excluding carboxylic acids is 2. The number of allylic oxidation sites excluding steroid dienone is 2. The molecule has 2 nitrogen and oxygen atoms in total. The van der Waals surface area contributed by atoms with Gasteiger partial charge in [0, 0.05) is 12.3 Å². The van der Waals surface area contributed by atoms with E-state index in [9.17, 15) is 9.59 Å². The van der Waals surface area contributed by atoms with Crippen molar-refractivity contribution in [2.45, 2.75) is 13.3 Å². The van der Waals surface area contributed by atoms with Crippen LogP contribution in [0.4, 0.5) is 0 Å². The van der Waals surface area contributed by atoms with E-state index < -0.39 is 0 Å². The molecular formula is C7H8O2. The lowest BCUT2D eigenvalue weighted by Crippen LogP contribution is -2.16. The Bertz CT molecular complexity index is 179. The Hall–Kier alpha value is -0.920. The first-order valence-corrected chi connectivity index (χ1v) is 2.95. The minimum Gasteiger partial charge on any atom is -0.295 e. The van der Waals surface area contributed by atoms with Crippen molar-refractivity contribution < 1.29 is 9.59 Å². The highest BCUT2D eigenvalue weighted by Gasteiger charge is 2.17. The first-order valence-electron chi connectivity index (χ1n) is 2.95. The summed E-state index contributed by atoms with van der Waals surface area (Å²) in [6.45, 7) is 1.77. The van der Waals surface area contributed by atoms with Crippen LogP contribution in [0.5, 0.6) is 0 Å². The number of hydrogen-bond donors (Lipinski definition) is 0. The van der Waals surface area contributed by atoms with Crippen molar-refractivity contribution in [3.05, 3.63) is 12.2 Å². The zero-order chi connectivity index (χ0) is 6.85. The SMILES string of the molecule is C[C@@H]1CC(=O)C=CC1=O. The van der Waals surface area contributed by atoms with E-state index in [0.717, 1.165) is 0 Å². The highest BCUT2D eigenvalue weighted by atomic mass is 16.1. The maximum atomic E-state index is 10.7. The topological polar surface area (TPSA) is 34.1 Å². The third-order valence-electron chi connectivity index (χ3n) is 1.43. The third kappa shape index (κ3) is 1.25. The van der Waals surface area contributed by atoms with E-state index in [-0.39, 0.29) is 17.5 Å². The molecule has 0 saturated carbocycles. The lowest BCUT2D eigenvalue weighted by Gasteiger charge is -2.07. The molecule has 2 heteroatoms. The van der Waals surface area contributed by atoms with Gasteiger partial charge in [-0.25, -0.2) is 0 Å². The number of hydrogen-bond acceptors (Lipinski definition) is 2. The summed E-state index contributed by atoms with van der Waals surface area (Å²) in [5.41, 5.74) is 0. The summed E-state index contributed by atoms with van der Waals surface area (Å²) >= 11 is 0. The van der Waals surface area contributed by atoms with Crippen molar-refractivity contribution in [3.8, 4) is 0 Å². The van der Waals surface area contributed by atoms with Gasteiger partial charge in [-0.15, -0.1) is 0 Å². The molecule has 0 fully saturated rings. The van der Waals surface area contributed by atoms with Crippen molar-refractivity contribution in [3.63, 3.8) is 0 Å². The van der Waals surface area contributed by atoms with Gasteiger partial charge in [0.25, 0.3) is 0 Å². The second kappa shape index (κ2) is 2.13. The van der Waals surface area contributed by atoms with Crippen molar-refractivity contribution in [2.75, 3.05) is 0 Å². The summed E-state index contributed by atoms with van der Waals surface area (Å²) in [5.74, 6) is 0.0270. The molecule has 0 unspecified atom stereocenters. The number of ketones is 2. The van der Waals surface area contributed by atoms with Gasteiger partial charge in [-0.2, -0.15) is 0 Å². The summed E-state index contributed by atoms with van der Waals surface area (Å²) in [4.78, 5) is 21.3. The summed E-state index contributed by atoms with van der Waals surface area (Å²) < 4.78 is 0. The Morgan fingerprint density at radius 3 is 2.56 bits per heavy atom. The molecule has 0 radical (unpaired) electrons. The zero-order valence-electron chi connectivity index (χ0n) is 5.26. The number of rotatable bonds is 0. The largest absolute Gasteiger partial charge is 0.295 e. The summed E-state index contributed by atoms with van der Waals surface area (Å²) in [5, 5.41) is 0. The molecule has 0 amide bonds. The minimum absolute atomic E-state index is 0.0575. The molecule has 0 heterocycles.